The second kappa shape index (κ2) is 7.98. The molecule has 0 aliphatic carbocycles. The van der Waals surface area contributed by atoms with Crippen molar-refractivity contribution in [1.29, 1.82) is 0 Å². The number of hydrogen-bond acceptors (Lipinski definition) is 4. The van der Waals surface area contributed by atoms with Gasteiger partial charge in [0.25, 0.3) is 0 Å². The average Bonchev–Trinajstić information content (AvgIpc) is 2.58. The molecular weight excluding hydrogens is 294 g/mol. The molecule has 120 valence electrons. The number of hydrogen-bond donors (Lipinski definition) is 0. The van der Waals surface area contributed by atoms with Crippen molar-refractivity contribution in [1.82, 2.24) is 0 Å². The third-order valence-corrected chi connectivity index (χ3v) is 3.48. The minimum absolute atomic E-state index is 0.173. The molecule has 0 saturated carbocycles. The fraction of sp³-hybridized carbons (Fsp3) is 0.222. The lowest BCUT2D eigenvalue weighted by molar-refractivity contribution is -0.481. The molecule has 0 aliphatic heterocycles. The van der Waals surface area contributed by atoms with Crippen molar-refractivity contribution in [2.75, 3.05) is 20.8 Å². The molecule has 0 N–H and O–H groups in total. The summed E-state index contributed by atoms with van der Waals surface area (Å²) < 4.78 is 10.4. The van der Waals surface area contributed by atoms with E-state index in [0.29, 0.717) is 5.75 Å². The van der Waals surface area contributed by atoms with Crippen molar-refractivity contribution in [2.45, 2.75) is 5.92 Å². The van der Waals surface area contributed by atoms with Crippen LogP contribution in [0.5, 0.6) is 11.5 Å². The Morgan fingerprint density at radius 1 is 1.09 bits per heavy atom. The van der Waals surface area contributed by atoms with E-state index in [1.54, 1.807) is 14.2 Å². The van der Waals surface area contributed by atoms with Crippen LogP contribution in [0.1, 0.15) is 17.0 Å². The predicted octanol–water partition coefficient (Wildman–Crippen LogP) is 3.78. The average molecular weight is 313 g/mol. The number of nitro groups is 1. The van der Waals surface area contributed by atoms with E-state index in [0.717, 1.165) is 16.9 Å². The lowest BCUT2D eigenvalue weighted by atomic mass is 9.97. The number of methoxy groups -OCH3 is 2. The standard InChI is InChI=1S/C18H19NO4/c1-22-17-7-3-5-14(11-17)9-10-16(13-19(20)21)15-6-4-8-18(12-15)23-2/h3-12,16H,13H2,1-2H3/b10-9+/t16-/m0/s1. The molecule has 2 rings (SSSR count). The van der Waals surface area contributed by atoms with Crippen LogP contribution in [0.15, 0.2) is 54.6 Å². The van der Waals surface area contributed by atoms with Crippen LogP contribution in [-0.2, 0) is 0 Å². The van der Waals surface area contributed by atoms with Gasteiger partial charge in [-0.15, -0.1) is 0 Å². The second-order valence-electron chi connectivity index (χ2n) is 5.03. The van der Waals surface area contributed by atoms with E-state index in [1.807, 2.05) is 60.7 Å². The fourth-order valence-corrected chi connectivity index (χ4v) is 2.28. The Labute approximate surface area is 135 Å². The van der Waals surface area contributed by atoms with Gasteiger partial charge < -0.3 is 9.47 Å². The van der Waals surface area contributed by atoms with E-state index < -0.39 is 0 Å². The van der Waals surface area contributed by atoms with Gasteiger partial charge in [-0.3, -0.25) is 10.1 Å². The summed E-state index contributed by atoms with van der Waals surface area (Å²) in [6, 6.07) is 14.9. The molecule has 0 amide bonds. The van der Waals surface area contributed by atoms with Crippen LogP contribution in [0.4, 0.5) is 0 Å². The number of rotatable bonds is 7. The molecule has 5 heteroatoms. The molecule has 0 bridgehead atoms. The van der Waals surface area contributed by atoms with Gasteiger partial charge in [-0.05, 0) is 35.4 Å². The smallest absolute Gasteiger partial charge is 0.214 e. The minimum atomic E-state index is -0.327. The molecule has 1 atom stereocenters. The summed E-state index contributed by atoms with van der Waals surface area (Å²) in [6.45, 7) is -0.173. The monoisotopic (exact) mass is 313 g/mol. The van der Waals surface area contributed by atoms with Gasteiger partial charge in [0.1, 0.15) is 11.5 Å². The highest BCUT2D eigenvalue weighted by molar-refractivity contribution is 5.53. The molecule has 0 aromatic heterocycles. The van der Waals surface area contributed by atoms with Gasteiger partial charge in [-0.1, -0.05) is 36.4 Å². The molecule has 0 aliphatic rings. The Bertz CT molecular complexity index is 697. The Balaban J connectivity index is 2.27. The third kappa shape index (κ3) is 4.85. The molecular formula is C18H19NO4. The van der Waals surface area contributed by atoms with Gasteiger partial charge in [0.15, 0.2) is 0 Å². The Hall–Kier alpha value is -2.82. The molecule has 0 saturated heterocycles. The zero-order valence-corrected chi connectivity index (χ0v) is 13.1. The van der Waals surface area contributed by atoms with Crippen LogP contribution in [0.25, 0.3) is 6.08 Å². The minimum Gasteiger partial charge on any atom is -0.497 e. The Morgan fingerprint density at radius 3 is 2.39 bits per heavy atom. The third-order valence-electron chi connectivity index (χ3n) is 3.48. The maximum atomic E-state index is 11.0. The first-order valence-electron chi connectivity index (χ1n) is 7.20. The Morgan fingerprint density at radius 2 is 1.74 bits per heavy atom. The molecule has 0 heterocycles. The van der Waals surface area contributed by atoms with Gasteiger partial charge in [0.2, 0.25) is 6.54 Å². The SMILES string of the molecule is COc1cccc(/C=C/[C@@H](C[N+](=O)[O-])c2cccc(OC)c2)c1. The summed E-state index contributed by atoms with van der Waals surface area (Å²) >= 11 is 0. The van der Waals surface area contributed by atoms with Gasteiger partial charge >= 0.3 is 0 Å². The zero-order chi connectivity index (χ0) is 16.7. The van der Waals surface area contributed by atoms with Crippen LogP contribution in [0, 0.1) is 10.1 Å². The van der Waals surface area contributed by atoms with Crippen molar-refractivity contribution in [3.63, 3.8) is 0 Å². The molecule has 5 nitrogen and oxygen atoms in total. The summed E-state index contributed by atoms with van der Waals surface area (Å²) in [5, 5.41) is 11.0. The molecule has 0 unspecified atom stereocenters. The first-order chi connectivity index (χ1) is 11.1. The summed E-state index contributed by atoms with van der Waals surface area (Å²) in [5.41, 5.74) is 1.78. The van der Waals surface area contributed by atoms with E-state index in [4.69, 9.17) is 9.47 Å². The predicted molar refractivity (Wildman–Crippen MR) is 89.6 cm³/mol. The van der Waals surface area contributed by atoms with Crippen LogP contribution >= 0.6 is 0 Å². The summed E-state index contributed by atoms with van der Waals surface area (Å²) in [5.74, 6) is 1.11. The fourth-order valence-electron chi connectivity index (χ4n) is 2.28. The molecule has 23 heavy (non-hydrogen) atoms. The van der Waals surface area contributed by atoms with Gasteiger partial charge in [-0.25, -0.2) is 0 Å². The molecule has 0 spiro atoms. The maximum Gasteiger partial charge on any atom is 0.214 e. The first-order valence-corrected chi connectivity index (χ1v) is 7.20. The van der Waals surface area contributed by atoms with E-state index in [9.17, 15) is 10.1 Å². The Kier molecular flexibility index (Phi) is 5.74. The second-order valence-corrected chi connectivity index (χ2v) is 5.03. The summed E-state index contributed by atoms with van der Waals surface area (Å²) in [6.07, 6.45) is 3.71. The van der Waals surface area contributed by atoms with Gasteiger partial charge in [0, 0.05) is 4.92 Å². The molecule has 0 fully saturated rings. The van der Waals surface area contributed by atoms with Crippen molar-refractivity contribution in [3.05, 3.63) is 75.8 Å². The topological polar surface area (TPSA) is 61.6 Å². The van der Waals surface area contributed by atoms with Crippen molar-refractivity contribution in [2.24, 2.45) is 0 Å². The van der Waals surface area contributed by atoms with Crippen molar-refractivity contribution in [3.8, 4) is 11.5 Å². The highest BCUT2D eigenvalue weighted by Gasteiger charge is 2.15. The van der Waals surface area contributed by atoms with Crippen molar-refractivity contribution >= 4 is 6.08 Å². The summed E-state index contributed by atoms with van der Waals surface area (Å²) in [4.78, 5) is 10.7. The summed E-state index contributed by atoms with van der Waals surface area (Å²) in [7, 11) is 3.18. The maximum absolute atomic E-state index is 11.0. The number of ether oxygens (including phenoxy) is 2. The quantitative estimate of drug-likeness (QED) is 0.576. The van der Waals surface area contributed by atoms with Crippen LogP contribution in [0.3, 0.4) is 0 Å². The zero-order valence-electron chi connectivity index (χ0n) is 13.1. The molecule has 0 radical (unpaired) electrons. The number of benzene rings is 2. The van der Waals surface area contributed by atoms with E-state index >= 15 is 0 Å². The largest absolute Gasteiger partial charge is 0.497 e. The van der Waals surface area contributed by atoms with Gasteiger partial charge in [-0.2, -0.15) is 0 Å². The van der Waals surface area contributed by atoms with E-state index in [-0.39, 0.29) is 17.4 Å². The van der Waals surface area contributed by atoms with Crippen molar-refractivity contribution < 1.29 is 14.4 Å². The highest BCUT2D eigenvalue weighted by Crippen LogP contribution is 2.24. The lowest BCUT2D eigenvalue weighted by Gasteiger charge is -2.10. The normalized spacial score (nSPS) is 12.1. The van der Waals surface area contributed by atoms with E-state index in [2.05, 4.69) is 0 Å². The number of nitrogens with zero attached hydrogens (tertiary/aromatic N) is 1. The van der Waals surface area contributed by atoms with Crippen LogP contribution in [-0.4, -0.2) is 25.7 Å². The van der Waals surface area contributed by atoms with Crippen LogP contribution < -0.4 is 9.47 Å². The van der Waals surface area contributed by atoms with E-state index in [1.165, 1.54) is 0 Å². The highest BCUT2D eigenvalue weighted by atomic mass is 16.6. The first kappa shape index (κ1) is 16.5. The van der Waals surface area contributed by atoms with Crippen LogP contribution in [0.2, 0.25) is 0 Å². The lowest BCUT2D eigenvalue weighted by Crippen LogP contribution is -2.10. The molecule has 2 aromatic rings. The molecule has 2 aromatic carbocycles. The van der Waals surface area contributed by atoms with Gasteiger partial charge in [0.05, 0.1) is 20.1 Å².